The van der Waals surface area contributed by atoms with Crippen LogP contribution in [0.3, 0.4) is 0 Å². The first-order chi connectivity index (χ1) is 13.6. The number of nitrogens with one attached hydrogen (secondary N) is 2. The van der Waals surface area contributed by atoms with Crippen molar-refractivity contribution in [1.82, 2.24) is 15.5 Å². The number of aliphatic hydroxyl groups excluding tert-OH is 1. The molecule has 0 bridgehead atoms. The van der Waals surface area contributed by atoms with Crippen LogP contribution in [0.2, 0.25) is 0 Å². The van der Waals surface area contributed by atoms with Gasteiger partial charge in [-0.1, -0.05) is 18.2 Å². The van der Waals surface area contributed by atoms with E-state index in [0.29, 0.717) is 18.5 Å². The van der Waals surface area contributed by atoms with Crippen molar-refractivity contribution in [2.75, 3.05) is 32.7 Å². The molecule has 1 aromatic heterocycles. The Morgan fingerprint density at radius 1 is 1.31 bits per heavy atom. The molecule has 0 spiro atoms. The number of guanidine groups is 1. The zero-order valence-electron chi connectivity index (χ0n) is 17.7. The van der Waals surface area contributed by atoms with Crippen molar-refractivity contribution >= 4 is 51.4 Å². The number of halogens is 1. The Kier molecular flexibility index (Phi) is 10.1. The molecule has 0 saturated carbocycles. The summed E-state index contributed by atoms with van der Waals surface area (Å²) in [7, 11) is 0. The van der Waals surface area contributed by atoms with E-state index < -0.39 is 6.10 Å². The molecule has 2 aromatic rings. The monoisotopic (exact) mass is 530 g/mol. The lowest BCUT2D eigenvalue weighted by atomic mass is 9.97. The second-order valence-corrected chi connectivity index (χ2v) is 9.02. The van der Waals surface area contributed by atoms with E-state index in [9.17, 15) is 5.11 Å². The number of benzene rings is 1. The Hall–Kier alpha value is -0.900. The van der Waals surface area contributed by atoms with Crippen molar-refractivity contribution < 1.29 is 5.11 Å². The number of aliphatic hydroxyl groups is 1. The molecule has 0 radical (unpaired) electrons. The van der Waals surface area contributed by atoms with Gasteiger partial charge in [-0.25, -0.2) is 0 Å². The van der Waals surface area contributed by atoms with E-state index in [1.54, 1.807) is 11.3 Å². The van der Waals surface area contributed by atoms with Gasteiger partial charge in [0.2, 0.25) is 0 Å². The number of aliphatic imine (C=N–C) groups is 1. The quantitative estimate of drug-likeness (QED) is 0.285. The molecule has 3 N–H and O–H groups in total. The molecule has 1 fully saturated rings. The van der Waals surface area contributed by atoms with Gasteiger partial charge in [0.1, 0.15) is 6.10 Å². The van der Waals surface area contributed by atoms with Gasteiger partial charge in [-0.05, 0) is 63.6 Å². The standard InChI is InChI=1S/C22H34N4OS.HI/c1-4-23-22(24-13-17-8-7-11-26(15-17)16(2)3)25-14-19(27)21-12-18-9-5-6-10-20(18)28-21;/h5-6,9-10,12,16-17,19,27H,4,7-8,11,13-15H2,1-3H3,(H2,23,24,25);1H. The lowest BCUT2D eigenvalue weighted by Gasteiger charge is -2.35. The van der Waals surface area contributed by atoms with Gasteiger partial charge in [0, 0.05) is 35.3 Å². The summed E-state index contributed by atoms with van der Waals surface area (Å²) >= 11 is 1.64. The largest absolute Gasteiger partial charge is 0.386 e. The number of rotatable bonds is 7. The van der Waals surface area contributed by atoms with Crippen molar-refractivity contribution in [3.63, 3.8) is 0 Å². The summed E-state index contributed by atoms with van der Waals surface area (Å²) in [4.78, 5) is 8.17. The first-order valence-corrected chi connectivity index (χ1v) is 11.3. The fourth-order valence-electron chi connectivity index (χ4n) is 3.75. The van der Waals surface area contributed by atoms with E-state index in [1.807, 2.05) is 12.1 Å². The second kappa shape index (κ2) is 12.1. The average molecular weight is 531 g/mol. The van der Waals surface area contributed by atoms with Crippen molar-refractivity contribution in [2.24, 2.45) is 10.9 Å². The maximum Gasteiger partial charge on any atom is 0.191 e. The number of fused-ring (bicyclic) bond motifs is 1. The van der Waals surface area contributed by atoms with Crippen LogP contribution in [0.15, 0.2) is 35.3 Å². The van der Waals surface area contributed by atoms with Crippen LogP contribution >= 0.6 is 35.3 Å². The molecule has 2 atom stereocenters. The molecule has 3 rings (SSSR count). The summed E-state index contributed by atoms with van der Waals surface area (Å²) in [5, 5.41) is 18.6. The van der Waals surface area contributed by atoms with Crippen LogP contribution in [0.5, 0.6) is 0 Å². The predicted molar refractivity (Wildman–Crippen MR) is 136 cm³/mol. The van der Waals surface area contributed by atoms with Gasteiger partial charge >= 0.3 is 0 Å². The molecule has 1 saturated heterocycles. The maximum atomic E-state index is 10.6. The van der Waals surface area contributed by atoms with Gasteiger partial charge in [0.25, 0.3) is 0 Å². The molecule has 7 heteroatoms. The van der Waals surface area contributed by atoms with Crippen LogP contribution in [0.25, 0.3) is 10.1 Å². The number of piperidine rings is 1. The number of hydrogen-bond donors (Lipinski definition) is 3. The normalized spacial score (nSPS) is 19.2. The van der Waals surface area contributed by atoms with Gasteiger partial charge in [-0.15, -0.1) is 35.3 Å². The number of thiophene rings is 1. The van der Waals surface area contributed by atoms with Crippen LogP contribution < -0.4 is 10.6 Å². The van der Waals surface area contributed by atoms with Crippen LogP contribution in [-0.4, -0.2) is 54.7 Å². The summed E-state index contributed by atoms with van der Waals surface area (Å²) in [5.41, 5.74) is 0. The fourth-order valence-corrected chi connectivity index (χ4v) is 4.79. The van der Waals surface area contributed by atoms with Crippen LogP contribution in [0.1, 0.15) is 44.6 Å². The molecule has 5 nitrogen and oxygen atoms in total. The maximum absolute atomic E-state index is 10.6. The SMILES string of the molecule is CCNC(=NCC(O)c1cc2ccccc2s1)NCC1CCCN(C(C)C)C1.I. The molecule has 1 aliphatic rings. The van der Waals surface area contributed by atoms with Gasteiger partial charge in [0.05, 0.1) is 6.54 Å². The van der Waals surface area contributed by atoms with Gasteiger partial charge in [-0.3, -0.25) is 4.99 Å². The number of likely N-dealkylation sites (tertiary alicyclic amines) is 1. The summed E-state index contributed by atoms with van der Waals surface area (Å²) in [6, 6.07) is 10.9. The van der Waals surface area contributed by atoms with Crippen molar-refractivity contribution in [1.29, 1.82) is 0 Å². The highest BCUT2D eigenvalue weighted by atomic mass is 127. The highest BCUT2D eigenvalue weighted by Gasteiger charge is 2.21. The highest BCUT2D eigenvalue weighted by Crippen LogP contribution is 2.29. The Labute approximate surface area is 196 Å². The van der Waals surface area contributed by atoms with Crippen LogP contribution in [-0.2, 0) is 0 Å². The van der Waals surface area contributed by atoms with E-state index in [1.165, 1.54) is 29.5 Å². The predicted octanol–water partition coefficient (Wildman–Crippen LogP) is 4.23. The molecule has 29 heavy (non-hydrogen) atoms. The molecule has 1 aliphatic heterocycles. The van der Waals surface area contributed by atoms with E-state index in [2.05, 4.69) is 59.5 Å². The number of nitrogens with zero attached hydrogens (tertiary/aromatic N) is 2. The zero-order valence-corrected chi connectivity index (χ0v) is 20.9. The molecular weight excluding hydrogens is 495 g/mol. The Morgan fingerprint density at radius 3 is 2.83 bits per heavy atom. The summed E-state index contributed by atoms with van der Waals surface area (Å²) < 4.78 is 1.21. The third-order valence-electron chi connectivity index (χ3n) is 5.38. The highest BCUT2D eigenvalue weighted by molar-refractivity contribution is 14.0. The van der Waals surface area contributed by atoms with E-state index in [0.717, 1.165) is 30.5 Å². The third kappa shape index (κ3) is 7.08. The summed E-state index contributed by atoms with van der Waals surface area (Å²) in [5.74, 6) is 1.44. The lowest BCUT2D eigenvalue weighted by molar-refractivity contribution is 0.141. The molecule has 162 valence electrons. The topological polar surface area (TPSA) is 59.9 Å². The lowest BCUT2D eigenvalue weighted by Crippen LogP contribution is -2.46. The molecule has 0 aliphatic carbocycles. The van der Waals surface area contributed by atoms with Gasteiger partial charge in [0.15, 0.2) is 5.96 Å². The van der Waals surface area contributed by atoms with Crippen molar-refractivity contribution in [3.05, 3.63) is 35.2 Å². The molecule has 2 heterocycles. The van der Waals surface area contributed by atoms with E-state index in [4.69, 9.17) is 0 Å². The minimum atomic E-state index is -0.570. The van der Waals surface area contributed by atoms with E-state index >= 15 is 0 Å². The van der Waals surface area contributed by atoms with Crippen molar-refractivity contribution in [3.8, 4) is 0 Å². The van der Waals surface area contributed by atoms with Crippen molar-refractivity contribution in [2.45, 2.75) is 45.8 Å². The smallest absolute Gasteiger partial charge is 0.191 e. The van der Waals surface area contributed by atoms with Crippen LogP contribution in [0, 0.1) is 5.92 Å². The summed E-state index contributed by atoms with van der Waals surface area (Å²) in [6.45, 7) is 11.1. The number of hydrogen-bond acceptors (Lipinski definition) is 4. The van der Waals surface area contributed by atoms with E-state index in [-0.39, 0.29) is 24.0 Å². The first kappa shape index (κ1) is 24.4. The Bertz CT molecular complexity index is 746. The fraction of sp³-hybridized carbons (Fsp3) is 0.591. The molecule has 2 unspecified atom stereocenters. The van der Waals surface area contributed by atoms with Gasteiger partial charge in [-0.2, -0.15) is 0 Å². The Morgan fingerprint density at radius 2 is 2.10 bits per heavy atom. The average Bonchev–Trinajstić information content (AvgIpc) is 3.14. The summed E-state index contributed by atoms with van der Waals surface area (Å²) in [6.07, 6.45) is 1.96. The minimum Gasteiger partial charge on any atom is -0.386 e. The minimum absolute atomic E-state index is 0. The second-order valence-electron chi connectivity index (χ2n) is 7.90. The Balaban J connectivity index is 0.00000300. The molecular formula is C22H35IN4OS. The van der Waals surface area contributed by atoms with Gasteiger partial charge < -0.3 is 20.6 Å². The first-order valence-electron chi connectivity index (χ1n) is 10.5. The molecule has 0 amide bonds. The van der Waals surface area contributed by atoms with Crippen LogP contribution in [0.4, 0.5) is 0 Å². The third-order valence-corrected chi connectivity index (χ3v) is 6.60. The zero-order chi connectivity index (χ0) is 19.9. The molecule has 1 aromatic carbocycles.